The first-order chi connectivity index (χ1) is 10.4. The molecule has 3 heterocycles. The second kappa shape index (κ2) is 5.50. The van der Waals surface area contributed by atoms with E-state index < -0.39 is 0 Å². The molecule has 120 valence electrons. The quantitative estimate of drug-likeness (QED) is 0.845. The standard InChI is InChI=1S/C16H24N4O2/c1-11-17-13(14-5-6-20(14)12(2)21)7-15(18-11)19(4)8-16(3)9-22-10-16/h7,14H,5-6,8-10H2,1-4H3/t14-/m1/s1. The Balaban J connectivity index is 1.79. The van der Waals surface area contributed by atoms with Crippen molar-refractivity contribution in [2.75, 3.05) is 38.3 Å². The Kier molecular flexibility index (Phi) is 3.80. The minimum absolute atomic E-state index is 0.106. The fraction of sp³-hybridized carbons (Fsp3) is 0.688. The van der Waals surface area contributed by atoms with Gasteiger partial charge in [-0.1, -0.05) is 6.92 Å². The molecule has 0 bridgehead atoms. The van der Waals surface area contributed by atoms with Gasteiger partial charge < -0.3 is 14.5 Å². The lowest BCUT2D eigenvalue weighted by Gasteiger charge is -2.42. The van der Waals surface area contributed by atoms with E-state index in [0.717, 1.165) is 50.1 Å². The third-order valence-corrected chi connectivity index (χ3v) is 4.52. The van der Waals surface area contributed by atoms with Crippen molar-refractivity contribution in [3.05, 3.63) is 17.6 Å². The fourth-order valence-corrected chi connectivity index (χ4v) is 3.21. The van der Waals surface area contributed by atoms with Crippen LogP contribution < -0.4 is 4.90 Å². The third kappa shape index (κ3) is 2.79. The minimum atomic E-state index is 0.106. The zero-order valence-electron chi connectivity index (χ0n) is 13.8. The maximum absolute atomic E-state index is 11.6. The van der Waals surface area contributed by atoms with Gasteiger partial charge in [0.25, 0.3) is 0 Å². The first-order valence-electron chi connectivity index (χ1n) is 7.80. The number of carbonyl (C=O) groups excluding carboxylic acids is 1. The number of ether oxygens (including phenoxy) is 1. The molecule has 22 heavy (non-hydrogen) atoms. The highest BCUT2D eigenvalue weighted by atomic mass is 16.5. The van der Waals surface area contributed by atoms with E-state index in [9.17, 15) is 4.79 Å². The highest BCUT2D eigenvalue weighted by Crippen LogP contribution is 2.34. The van der Waals surface area contributed by atoms with E-state index in [2.05, 4.69) is 28.8 Å². The van der Waals surface area contributed by atoms with Crippen LogP contribution >= 0.6 is 0 Å². The topological polar surface area (TPSA) is 58.6 Å². The molecule has 2 saturated heterocycles. The van der Waals surface area contributed by atoms with E-state index in [1.807, 2.05) is 17.9 Å². The third-order valence-electron chi connectivity index (χ3n) is 4.52. The fourth-order valence-electron chi connectivity index (χ4n) is 3.21. The summed E-state index contributed by atoms with van der Waals surface area (Å²) in [6, 6.07) is 2.13. The second-order valence-electron chi connectivity index (χ2n) is 6.87. The number of hydrogen-bond donors (Lipinski definition) is 0. The van der Waals surface area contributed by atoms with Crippen LogP contribution in [0.3, 0.4) is 0 Å². The van der Waals surface area contributed by atoms with Gasteiger partial charge in [-0.3, -0.25) is 4.79 Å². The molecule has 1 amide bonds. The highest BCUT2D eigenvalue weighted by molar-refractivity contribution is 5.74. The molecule has 1 aromatic heterocycles. The summed E-state index contributed by atoms with van der Waals surface area (Å²) >= 11 is 0. The summed E-state index contributed by atoms with van der Waals surface area (Å²) in [6.45, 7) is 9.08. The summed E-state index contributed by atoms with van der Waals surface area (Å²) in [5.74, 6) is 1.79. The van der Waals surface area contributed by atoms with Crippen molar-refractivity contribution in [3.63, 3.8) is 0 Å². The second-order valence-corrected chi connectivity index (χ2v) is 6.87. The zero-order valence-corrected chi connectivity index (χ0v) is 13.8. The van der Waals surface area contributed by atoms with Crippen LogP contribution in [-0.4, -0.2) is 54.1 Å². The molecule has 0 spiro atoms. The summed E-state index contributed by atoms with van der Waals surface area (Å²) in [5.41, 5.74) is 1.15. The number of carbonyl (C=O) groups is 1. The van der Waals surface area contributed by atoms with E-state index in [4.69, 9.17) is 4.74 Å². The largest absolute Gasteiger partial charge is 0.380 e. The summed E-state index contributed by atoms with van der Waals surface area (Å²) < 4.78 is 5.32. The van der Waals surface area contributed by atoms with Crippen LogP contribution in [0.25, 0.3) is 0 Å². The molecular formula is C16H24N4O2. The molecule has 0 aromatic carbocycles. The van der Waals surface area contributed by atoms with Crippen molar-refractivity contribution in [2.24, 2.45) is 5.41 Å². The van der Waals surface area contributed by atoms with Crippen molar-refractivity contribution < 1.29 is 9.53 Å². The summed E-state index contributed by atoms with van der Waals surface area (Å²) in [7, 11) is 2.05. The van der Waals surface area contributed by atoms with Gasteiger partial charge in [0.05, 0.1) is 24.9 Å². The van der Waals surface area contributed by atoms with Gasteiger partial charge in [-0.25, -0.2) is 9.97 Å². The molecule has 0 saturated carbocycles. The molecule has 2 aliphatic heterocycles. The Bertz CT molecular complexity index is 586. The molecule has 0 N–H and O–H groups in total. The minimum Gasteiger partial charge on any atom is -0.380 e. The van der Waals surface area contributed by atoms with Crippen LogP contribution in [-0.2, 0) is 9.53 Å². The predicted molar refractivity (Wildman–Crippen MR) is 83.7 cm³/mol. The Morgan fingerprint density at radius 2 is 2.23 bits per heavy atom. The lowest BCUT2D eigenvalue weighted by Crippen LogP contribution is -2.48. The predicted octanol–water partition coefficient (Wildman–Crippen LogP) is 1.55. The molecule has 1 aromatic rings. The maximum Gasteiger partial charge on any atom is 0.220 e. The smallest absolute Gasteiger partial charge is 0.220 e. The molecule has 3 rings (SSSR count). The van der Waals surface area contributed by atoms with Crippen LogP contribution in [0.5, 0.6) is 0 Å². The van der Waals surface area contributed by atoms with Crippen LogP contribution in [0.15, 0.2) is 6.07 Å². The first-order valence-corrected chi connectivity index (χ1v) is 7.80. The number of rotatable bonds is 4. The number of aromatic nitrogens is 2. The number of nitrogens with zero attached hydrogens (tertiary/aromatic N) is 4. The van der Waals surface area contributed by atoms with Crippen LogP contribution in [0.2, 0.25) is 0 Å². The number of likely N-dealkylation sites (tertiary alicyclic amines) is 1. The van der Waals surface area contributed by atoms with Gasteiger partial charge in [0.1, 0.15) is 11.6 Å². The van der Waals surface area contributed by atoms with Crippen molar-refractivity contribution in [1.82, 2.24) is 14.9 Å². The van der Waals surface area contributed by atoms with Gasteiger partial charge in [-0.2, -0.15) is 0 Å². The molecule has 0 aliphatic carbocycles. The number of amides is 1. The first kappa shape index (κ1) is 15.2. The monoisotopic (exact) mass is 304 g/mol. The normalized spacial score (nSPS) is 22.7. The Morgan fingerprint density at radius 1 is 1.50 bits per heavy atom. The van der Waals surface area contributed by atoms with E-state index in [-0.39, 0.29) is 17.4 Å². The van der Waals surface area contributed by atoms with Gasteiger partial charge in [0.15, 0.2) is 0 Å². The van der Waals surface area contributed by atoms with Gasteiger partial charge >= 0.3 is 0 Å². The number of hydrogen-bond acceptors (Lipinski definition) is 5. The summed E-state index contributed by atoms with van der Waals surface area (Å²) in [4.78, 5) is 24.7. The molecule has 6 heteroatoms. The van der Waals surface area contributed by atoms with Gasteiger partial charge in [-0.05, 0) is 13.3 Å². The molecule has 0 unspecified atom stereocenters. The van der Waals surface area contributed by atoms with Crippen LogP contribution in [0.1, 0.15) is 37.8 Å². The van der Waals surface area contributed by atoms with Crippen molar-refractivity contribution >= 4 is 11.7 Å². The van der Waals surface area contributed by atoms with Gasteiger partial charge in [0.2, 0.25) is 5.91 Å². The van der Waals surface area contributed by atoms with E-state index >= 15 is 0 Å². The average molecular weight is 304 g/mol. The molecule has 1 atom stereocenters. The molecule has 2 fully saturated rings. The lowest BCUT2D eigenvalue weighted by molar-refractivity contribution is -0.136. The Labute approximate surface area is 131 Å². The highest BCUT2D eigenvalue weighted by Gasteiger charge is 2.36. The van der Waals surface area contributed by atoms with E-state index in [0.29, 0.717) is 0 Å². The summed E-state index contributed by atoms with van der Waals surface area (Å²) in [6.07, 6.45) is 0.977. The van der Waals surface area contributed by atoms with Crippen LogP contribution in [0, 0.1) is 12.3 Å². The average Bonchev–Trinajstić information content (AvgIpc) is 2.34. The zero-order chi connectivity index (χ0) is 15.9. The van der Waals surface area contributed by atoms with Crippen molar-refractivity contribution in [2.45, 2.75) is 33.2 Å². The lowest BCUT2D eigenvalue weighted by atomic mass is 9.88. The van der Waals surface area contributed by atoms with Gasteiger partial charge in [0, 0.05) is 38.5 Å². The number of anilines is 1. The molecule has 2 aliphatic rings. The molecule has 0 radical (unpaired) electrons. The van der Waals surface area contributed by atoms with Crippen LogP contribution in [0.4, 0.5) is 5.82 Å². The van der Waals surface area contributed by atoms with Gasteiger partial charge in [-0.15, -0.1) is 0 Å². The number of aryl methyl sites for hydroxylation is 1. The molecule has 6 nitrogen and oxygen atoms in total. The Morgan fingerprint density at radius 3 is 2.73 bits per heavy atom. The maximum atomic E-state index is 11.6. The van der Waals surface area contributed by atoms with E-state index in [1.54, 1.807) is 6.92 Å². The van der Waals surface area contributed by atoms with Crippen molar-refractivity contribution in [3.8, 4) is 0 Å². The SMILES string of the molecule is CC(=O)N1CC[C@@H]1c1cc(N(C)CC2(C)COC2)nc(C)n1. The van der Waals surface area contributed by atoms with Crippen molar-refractivity contribution in [1.29, 1.82) is 0 Å². The Hall–Kier alpha value is -1.69. The summed E-state index contributed by atoms with van der Waals surface area (Å²) in [5, 5.41) is 0. The molecular weight excluding hydrogens is 280 g/mol. The van der Waals surface area contributed by atoms with E-state index in [1.165, 1.54) is 0 Å².